The predicted octanol–water partition coefficient (Wildman–Crippen LogP) is 1.15. The molecule has 1 aromatic heterocycles. The molecule has 1 radical (unpaired) electrons. The first kappa shape index (κ1) is 12.2. The molecule has 1 aromatic rings. The van der Waals surface area contributed by atoms with Crippen molar-refractivity contribution in [3.8, 4) is 0 Å². The quantitative estimate of drug-likeness (QED) is 0.834. The van der Waals surface area contributed by atoms with Crippen molar-refractivity contribution in [3.63, 3.8) is 0 Å². The van der Waals surface area contributed by atoms with Crippen molar-refractivity contribution in [3.05, 3.63) is 29.9 Å². The molecule has 0 saturated carbocycles. The summed E-state index contributed by atoms with van der Waals surface area (Å²) in [6, 6.07) is 5.30. The fraction of sp³-hybridized carbons (Fsp3) is 0.462. The van der Waals surface area contributed by atoms with Gasteiger partial charge in [-0.1, -0.05) is 6.07 Å². The number of likely N-dealkylation sites (tertiary alicyclic amines) is 1. The standard InChI is InChI=1S/C13H17N4O2/c14-12-4-1-9(5-15-12)6-17-10-2-3-11(17)8-16(7-10)13(18)19/h1,4-5,10H,2-3,6-8H2,(H2,14,15)(H,18,19). The number of nitrogens with two attached hydrogens (primary N) is 1. The summed E-state index contributed by atoms with van der Waals surface area (Å²) in [5.74, 6) is 0.523. The van der Waals surface area contributed by atoms with Gasteiger partial charge >= 0.3 is 6.09 Å². The van der Waals surface area contributed by atoms with Crippen molar-refractivity contribution in [2.24, 2.45) is 0 Å². The number of pyridine rings is 1. The molecule has 2 saturated heterocycles. The fourth-order valence-electron chi connectivity index (χ4n) is 2.90. The molecular formula is C13H17N4O2. The van der Waals surface area contributed by atoms with Crippen LogP contribution in [0.3, 0.4) is 0 Å². The molecule has 0 spiro atoms. The maximum Gasteiger partial charge on any atom is 0.407 e. The number of hydrogen-bond acceptors (Lipinski definition) is 4. The summed E-state index contributed by atoms with van der Waals surface area (Å²) in [7, 11) is 0. The molecule has 2 aliphatic rings. The Balaban J connectivity index is 1.70. The minimum atomic E-state index is -0.821. The molecule has 1 amide bonds. The number of aromatic nitrogens is 1. The van der Waals surface area contributed by atoms with E-state index in [4.69, 9.17) is 10.8 Å². The first-order valence-corrected chi connectivity index (χ1v) is 6.43. The summed E-state index contributed by atoms with van der Waals surface area (Å²) >= 11 is 0. The summed E-state index contributed by atoms with van der Waals surface area (Å²) in [5.41, 5.74) is 6.69. The largest absolute Gasteiger partial charge is 0.465 e. The second-order valence-electron chi connectivity index (χ2n) is 5.14. The molecule has 0 aliphatic carbocycles. The highest BCUT2D eigenvalue weighted by Gasteiger charge is 2.41. The fourth-order valence-corrected chi connectivity index (χ4v) is 2.90. The van der Waals surface area contributed by atoms with Gasteiger partial charge in [-0.15, -0.1) is 0 Å². The summed E-state index contributed by atoms with van der Waals surface area (Å²) in [5, 5.41) is 9.08. The summed E-state index contributed by atoms with van der Waals surface area (Å²) in [4.78, 5) is 19.0. The third-order valence-electron chi connectivity index (χ3n) is 3.89. The van der Waals surface area contributed by atoms with Crippen molar-refractivity contribution in [1.82, 2.24) is 14.8 Å². The van der Waals surface area contributed by atoms with E-state index < -0.39 is 6.09 Å². The summed E-state index contributed by atoms with van der Waals surface area (Å²) < 4.78 is 0. The highest BCUT2D eigenvalue weighted by Crippen LogP contribution is 2.36. The van der Waals surface area contributed by atoms with Gasteiger partial charge in [0.05, 0.1) is 6.04 Å². The van der Waals surface area contributed by atoms with Crippen LogP contribution in [0.1, 0.15) is 18.4 Å². The van der Waals surface area contributed by atoms with E-state index in [1.807, 2.05) is 6.07 Å². The van der Waals surface area contributed by atoms with Gasteiger partial charge in [0.1, 0.15) is 5.82 Å². The van der Waals surface area contributed by atoms with Gasteiger partial charge in [0.15, 0.2) is 0 Å². The number of nitrogens with zero attached hydrogens (tertiary/aromatic N) is 3. The van der Waals surface area contributed by atoms with Gasteiger partial charge in [-0.05, 0) is 24.5 Å². The van der Waals surface area contributed by atoms with E-state index in [9.17, 15) is 4.79 Å². The molecule has 3 rings (SSSR count). The normalized spacial score (nSPS) is 23.8. The maximum atomic E-state index is 11.0. The molecular weight excluding hydrogens is 244 g/mol. The Labute approximate surface area is 111 Å². The lowest BCUT2D eigenvalue weighted by Crippen LogP contribution is -2.51. The third-order valence-corrected chi connectivity index (χ3v) is 3.89. The highest BCUT2D eigenvalue weighted by molar-refractivity contribution is 5.65. The average molecular weight is 261 g/mol. The van der Waals surface area contributed by atoms with Crippen molar-refractivity contribution >= 4 is 11.9 Å². The minimum Gasteiger partial charge on any atom is -0.465 e. The van der Waals surface area contributed by atoms with E-state index >= 15 is 0 Å². The number of piperazine rings is 1. The number of amides is 1. The number of fused-ring (bicyclic) bond motifs is 2. The number of nitrogen functional groups attached to an aromatic ring is 1. The Morgan fingerprint density at radius 1 is 1.53 bits per heavy atom. The molecule has 19 heavy (non-hydrogen) atoms. The predicted molar refractivity (Wildman–Crippen MR) is 70.1 cm³/mol. The van der Waals surface area contributed by atoms with E-state index in [-0.39, 0.29) is 0 Å². The molecule has 6 heteroatoms. The highest BCUT2D eigenvalue weighted by atomic mass is 16.4. The van der Waals surface area contributed by atoms with Gasteiger partial charge in [0.25, 0.3) is 0 Å². The second kappa shape index (κ2) is 4.70. The van der Waals surface area contributed by atoms with Crippen LogP contribution in [-0.2, 0) is 6.54 Å². The van der Waals surface area contributed by atoms with Crippen LogP contribution in [-0.4, -0.2) is 45.1 Å². The van der Waals surface area contributed by atoms with Crippen molar-refractivity contribution < 1.29 is 9.90 Å². The van der Waals surface area contributed by atoms with Gasteiger partial charge in [-0.3, -0.25) is 4.90 Å². The van der Waals surface area contributed by atoms with Gasteiger partial charge in [-0.25, -0.2) is 9.78 Å². The molecule has 3 heterocycles. The molecule has 101 valence electrons. The molecule has 1 unspecified atom stereocenters. The SMILES string of the molecule is Nc1ccc(CN2[C]3CCC2CN(C(=O)O)C3)cn1. The summed E-state index contributed by atoms with van der Waals surface area (Å²) in [6.45, 7) is 1.93. The van der Waals surface area contributed by atoms with Crippen LogP contribution in [0, 0.1) is 6.04 Å². The van der Waals surface area contributed by atoms with Gasteiger partial charge < -0.3 is 15.7 Å². The van der Waals surface area contributed by atoms with Crippen LogP contribution in [0.15, 0.2) is 18.3 Å². The van der Waals surface area contributed by atoms with Crippen LogP contribution >= 0.6 is 0 Å². The van der Waals surface area contributed by atoms with Crippen LogP contribution in [0.4, 0.5) is 10.6 Å². The Morgan fingerprint density at radius 3 is 3.00 bits per heavy atom. The Hall–Kier alpha value is -1.82. The number of carbonyl (C=O) groups is 1. The van der Waals surface area contributed by atoms with Crippen molar-refractivity contribution in [2.45, 2.75) is 25.4 Å². The zero-order valence-electron chi connectivity index (χ0n) is 10.6. The first-order chi connectivity index (χ1) is 9.13. The smallest absolute Gasteiger partial charge is 0.407 e. The minimum absolute atomic E-state index is 0.303. The van der Waals surface area contributed by atoms with E-state index in [1.165, 1.54) is 10.9 Å². The Kier molecular flexibility index (Phi) is 3.02. The Morgan fingerprint density at radius 2 is 2.37 bits per heavy atom. The van der Waals surface area contributed by atoms with Crippen molar-refractivity contribution in [1.29, 1.82) is 0 Å². The first-order valence-electron chi connectivity index (χ1n) is 6.43. The monoisotopic (exact) mass is 261 g/mol. The van der Waals surface area contributed by atoms with Gasteiger partial charge in [0.2, 0.25) is 0 Å². The molecule has 6 nitrogen and oxygen atoms in total. The Bertz CT molecular complexity index is 462. The lowest BCUT2D eigenvalue weighted by molar-refractivity contribution is 0.0918. The molecule has 2 fully saturated rings. The van der Waals surface area contributed by atoms with Crippen LogP contribution < -0.4 is 5.73 Å². The average Bonchev–Trinajstić information content (AvgIpc) is 2.62. The number of carboxylic acid groups (broad SMARTS) is 1. The zero-order chi connectivity index (χ0) is 13.4. The topological polar surface area (TPSA) is 82.7 Å². The number of hydrogen-bond donors (Lipinski definition) is 2. The number of anilines is 1. The zero-order valence-corrected chi connectivity index (χ0v) is 10.6. The molecule has 3 N–H and O–H groups in total. The third kappa shape index (κ3) is 2.35. The lowest BCUT2D eigenvalue weighted by atomic mass is 10.1. The molecule has 2 bridgehead atoms. The molecule has 0 aromatic carbocycles. The van der Waals surface area contributed by atoms with Crippen LogP contribution in [0.5, 0.6) is 0 Å². The maximum absolute atomic E-state index is 11.0. The summed E-state index contributed by atoms with van der Waals surface area (Å²) in [6.07, 6.45) is 3.01. The second-order valence-corrected chi connectivity index (χ2v) is 5.14. The van der Waals surface area contributed by atoms with Crippen molar-refractivity contribution in [2.75, 3.05) is 18.8 Å². The molecule has 1 atom stereocenters. The van der Waals surface area contributed by atoms with Gasteiger partial charge in [-0.2, -0.15) is 0 Å². The van der Waals surface area contributed by atoms with E-state index in [0.717, 1.165) is 24.9 Å². The van der Waals surface area contributed by atoms with E-state index in [0.29, 0.717) is 24.9 Å². The van der Waals surface area contributed by atoms with Gasteiger partial charge in [0, 0.05) is 31.9 Å². The van der Waals surface area contributed by atoms with E-state index in [2.05, 4.69) is 9.88 Å². The molecule has 2 aliphatic heterocycles. The lowest BCUT2D eigenvalue weighted by Gasteiger charge is -2.39. The number of rotatable bonds is 2. The van der Waals surface area contributed by atoms with Crippen LogP contribution in [0.2, 0.25) is 0 Å². The van der Waals surface area contributed by atoms with E-state index in [1.54, 1.807) is 12.3 Å². The van der Waals surface area contributed by atoms with Crippen LogP contribution in [0.25, 0.3) is 0 Å².